The number of oxime groups is 1. The van der Waals surface area contributed by atoms with Crippen LogP contribution in [-0.2, 0) is 11.4 Å². The van der Waals surface area contributed by atoms with Crippen LogP contribution in [0.1, 0.15) is 84.1 Å². The maximum atomic E-state index is 5.67. The minimum absolute atomic E-state index is 0.546. The lowest BCUT2D eigenvalue weighted by Gasteiger charge is -2.38. The molecule has 1 aliphatic carbocycles. The number of nitrogens with zero attached hydrogens (tertiary/aromatic N) is 1. The summed E-state index contributed by atoms with van der Waals surface area (Å²) in [4.78, 5) is 6.88. The van der Waals surface area contributed by atoms with Crippen molar-refractivity contribution in [3.63, 3.8) is 0 Å². The van der Waals surface area contributed by atoms with Crippen molar-refractivity contribution in [3.8, 4) is 11.5 Å². The van der Waals surface area contributed by atoms with E-state index in [0.29, 0.717) is 23.2 Å². The number of thiophene rings is 1. The van der Waals surface area contributed by atoms with Crippen LogP contribution < -0.4 is 0 Å². The van der Waals surface area contributed by atoms with Gasteiger partial charge in [0.25, 0.3) is 0 Å². The largest absolute Gasteiger partial charge is 0.390 e. The molecule has 1 aromatic heterocycles. The van der Waals surface area contributed by atoms with Crippen LogP contribution in [-0.4, -0.2) is 13.8 Å². The molecule has 0 unspecified atom stereocenters. The van der Waals surface area contributed by atoms with Crippen LogP contribution in [0.5, 0.6) is 0 Å². The minimum atomic E-state index is -1.69. The van der Waals surface area contributed by atoms with Gasteiger partial charge in [0.2, 0.25) is 0 Å². The molecule has 0 aliphatic heterocycles. The summed E-state index contributed by atoms with van der Waals surface area (Å²) in [7, 11) is -1.69. The predicted octanol–water partition coefficient (Wildman–Crippen LogP) is 7.15. The topological polar surface area (TPSA) is 21.6 Å². The molecule has 0 bridgehead atoms. The Balaban J connectivity index is 2.14. The van der Waals surface area contributed by atoms with Crippen molar-refractivity contribution in [2.24, 2.45) is 5.16 Å². The first-order valence-electron chi connectivity index (χ1n) is 10.1. The van der Waals surface area contributed by atoms with Crippen molar-refractivity contribution in [1.29, 1.82) is 0 Å². The second-order valence-corrected chi connectivity index (χ2v) is 15.0. The minimum Gasteiger partial charge on any atom is -0.390 e. The fraction of sp³-hybridized carbons (Fsp3) is 0.682. The van der Waals surface area contributed by atoms with E-state index in [1.54, 1.807) is 11.3 Å². The Morgan fingerprint density at radius 3 is 2.23 bits per heavy atom. The molecule has 26 heavy (non-hydrogen) atoms. The van der Waals surface area contributed by atoms with Crippen LogP contribution in [0.15, 0.2) is 16.6 Å². The van der Waals surface area contributed by atoms with E-state index >= 15 is 0 Å². The van der Waals surface area contributed by atoms with Crippen molar-refractivity contribution < 1.29 is 4.84 Å². The van der Waals surface area contributed by atoms with Crippen molar-refractivity contribution in [1.82, 2.24) is 0 Å². The van der Waals surface area contributed by atoms with Crippen molar-refractivity contribution in [2.75, 3.05) is 0 Å². The second kappa shape index (κ2) is 9.76. The molecule has 2 rings (SSSR count). The Labute approximate surface area is 165 Å². The van der Waals surface area contributed by atoms with Gasteiger partial charge < -0.3 is 4.84 Å². The third kappa shape index (κ3) is 5.01. The molecule has 1 aromatic rings. The van der Waals surface area contributed by atoms with Gasteiger partial charge in [0.05, 0.1) is 10.6 Å². The fourth-order valence-corrected chi connectivity index (χ4v) is 10.4. The fourth-order valence-electron chi connectivity index (χ4n) is 4.41. The van der Waals surface area contributed by atoms with Gasteiger partial charge in [-0.2, -0.15) is 0 Å². The van der Waals surface area contributed by atoms with E-state index in [1.807, 2.05) is 0 Å². The monoisotopic (exact) mass is 389 g/mol. The Kier molecular flexibility index (Phi) is 7.98. The Hall–Kier alpha value is -1.05. The van der Waals surface area contributed by atoms with Gasteiger partial charge in [0.15, 0.2) is 6.61 Å². The summed E-state index contributed by atoms with van der Waals surface area (Å²) in [6.45, 7) is 14.7. The van der Waals surface area contributed by atoms with Crippen LogP contribution >= 0.6 is 11.3 Å². The maximum absolute atomic E-state index is 5.67. The van der Waals surface area contributed by atoms with Gasteiger partial charge in [-0.1, -0.05) is 59.0 Å². The van der Waals surface area contributed by atoms with Gasteiger partial charge in [-0.05, 0) is 53.8 Å². The highest BCUT2D eigenvalue weighted by molar-refractivity contribution is 7.10. The van der Waals surface area contributed by atoms with Crippen LogP contribution in [0.3, 0.4) is 0 Å². The zero-order chi connectivity index (χ0) is 19.2. The molecule has 1 heterocycles. The summed E-state index contributed by atoms with van der Waals surface area (Å²) in [5.41, 5.74) is 8.16. The third-order valence-electron chi connectivity index (χ3n) is 5.85. The van der Waals surface area contributed by atoms with Crippen LogP contribution in [0, 0.1) is 11.5 Å². The van der Waals surface area contributed by atoms with Gasteiger partial charge in [0, 0.05) is 5.56 Å². The number of hydrogen-bond donors (Lipinski definition) is 0. The average molecular weight is 390 g/mol. The molecule has 0 radical (unpaired) electrons. The Morgan fingerprint density at radius 2 is 1.65 bits per heavy atom. The molecule has 2 nitrogen and oxygen atoms in total. The lowest BCUT2D eigenvalue weighted by molar-refractivity contribution is 0.131. The van der Waals surface area contributed by atoms with Gasteiger partial charge in [-0.25, -0.2) is 0 Å². The molecule has 1 aliphatic rings. The van der Waals surface area contributed by atoms with Crippen molar-refractivity contribution in [2.45, 2.75) is 96.9 Å². The van der Waals surface area contributed by atoms with E-state index in [1.165, 1.54) is 29.9 Å². The van der Waals surface area contributed by atoms with E-state index in [-0.39, 0.29) is 0 Å². The highest BCUT2D eigenvalue weighted by Gasteiger charge is 2.41. The number of hydrogen-bond acceptors (Lipinski definition) is 3. The molecular formula is C22H35NOSSi. The Bertz CT molecular complexity index is 633. The molecule has 1 saturated carbocycles. The normalized spacial score (nSPS) is 15.3. The van der Waals surface area contributed by atoms with Gasteiger partial charge >= 0.3 is 0 Å². The molecule has 0 atom stereocenters. The molecule has 0 N–H and O–H groups in total. The molecule has 4 heteroatoms. The van der Waals surface area contributed by atoms with Gasteiger partial charge in [-0.15, -0.1) is 16.9 Å². The molecule has 0 amide bonds. The molecular weight excluding hydrogens is 354 g/mol. The smallest absolute Gasteiger partial charge is 0.152 e. The summed E-state index contributed by atoms with van der Waals surface area (Å²) in [5.74, 6) is 3.56. The lowest BCUT2D eigenvalue weighted by Crippen LogP contribution is -2.43. The summed E-state index contributed by atoms with van der Waals surface area (Å²) < 4.78 is 0. The third-order valence-corrected chi connectivity index (χ3v) is 13.0. The summed E-state index contributed by atoms with van der Waals surface area (Å²) in [5, 5.41) is 6.50. The van der Waals surface area contributed by atoms with Gasteiger partial charge in [0.1, 0.15) is 8.07 Å². The molecule has 0 spiro atoms. The van der Waals surface area contributed by atoms with E-state index in [0.717, 1.165) is 18.4 Å². The van der Waals surface area contributed by atoms with Crippen LogP contribution in [0.4, 0.5) is 0 Å². The van der Waals surface area contributed by atoms with E-state index in [2.05, 4.69) is 69.6 Å². The SMILES string of the molecule is CC(C)[Si](C#Cc1ccsc1CON=C1CCCCC1)(C(C)C)C(C)C. The molecule has 144 valence electrons. The molecule has 0 aromatic carbocycles. The Morgan fingerprint density at radius 1 is 1.04 bits per heavy atom. The first-order valence-corrected chi connectivity index (χ1v) is 13.3. The lowest BCUT2D eigenvalue weighted by atomic mass is 9.99. The molecule has 1 fully saturated rings. The van der Waals surface area contributed by atoms with Crippen molar-refractivity contribution in [3.05, 3.63) is 21.9 Å². The summed E-state index contributed by atoms with van der Waals surface area (Å²) in [6, 6.07) is 2.14. The van der Waals surface area contributed by atoms with E-state index < -0.39 is 8.07 Å². The standard InChI is InChI=1S/C22H35NOSSi/c1-17(2)26(18(3)4,19(5)6)15-13-20-12-14-25-22(20)16-24-23-21-10-8-7-9-11-21/h12,14,17-19H,7-11,16H2,1-6H3. The first-order chi connectivity index (χ1) is 12.4. The van der Waals surface area contributed by atoms with Crippen LogP contribution in [0.25, 0.3) is 0 Å². The summed E-state index contributed by atoms with van der Waals surface area (Å²) in [6.07, 6.45) is 6.04. The molecule has 0 saturated heterocycles. The maximum Gasteiger partial charge on any atom is 0.152 e. The second-order valence-electron chi connectivity index (χ2n) is 8.40. The average Bonchev–Trinajstić information content (AvgIpc) is 3.03. The number of rotatable bonds is 6. The predicted molar refractivity (Wildman–Crippen MR) is 118 cm³/mol. The summed E-state index contributed by atoms with van der Waals surface area (Å²) >= 11 is 1.73. The zero-order valence-electron chi connectivity index (χ0n) is 17.4. The van der Waals surface area contributed by atoms with E-state index in [4.69, 9.17) is 4.84 Å². The van der Waals surface area contributed by atoms with Crippen LogP contribution in [0.2, 0.25) is 16.6 Å². The highest BCUT2D eigenvalue weighted by Crippen LogP contribution is 2.40. The zero-order valence-corrected chi connectivity index (χ0v) is 19.2. The quantitative estimate of drug-likeness (QED) is 0.287. The van der Waals surface area contributed by atoms with Crippen molar-refractivity contribution >= 4 is 25.1 Å². The highest BCUT2D eigenvalue weighted by atomic mass is 32.1. The van der Waals surface area contributed by atoms with Gasteiger partial charge in [-0.3, -0.25) is 0 Å². The first kappa shape index (κ1) is 21.2. The van der Waals surface area contributed by atoms with E-state index in [9.17, 15) is 0 Å².